The third kappa shape index (κ3) is 4.79. The number of amides is 2. The fourth-order valence-electron chi connectivity index (χ4n) is 4.00. The molecule has 7 heteroatoms. The minimum Gasteiger partial charge on any atom is -0.354 e. The van der Waals surface area contributed by atoms with E-state index in [1.165, 1.54) is 0 Å². The Bertz CT molecular complexity index is 891. The summed E-state index contributed by atoms with van der Waals surface area (Å²) in [5, 5.41) is 3.02. The summed E-state index contributed by atoms with van der Waals surface area (Å²) in [5.41, 5.74) is 2.70. The van der Waals surface area contributed by atoms with Gasteiger partial charge >= 0.3 is 0 Å². The molecular formula is C23H29N5O2. The number of carbonyl (C=O) groups excluding carboxylic acids is 2. The second-order valence-electron chi connectivity index (χ2n) is 8.07. The van der Waals surface area contributed by atoms with E-state index in [0.29, 0.717) is 25.1 Å². The molecule has 0 saturated carbocycles. The van der Waals surface area contributed by atoms with Gasteiger partial charge in [0, 0.05) is 69.6 Å². The Hall–Kier alpha value is -2.93. The van der Waals surface area contributed by atoms with E-state index in [0.717, 1.165) is 56.1 Å². The van der Waals surface area contributed by atoms with E-state index >= 15 is 0 Å². The molecule has 2 aliphatic heterocycles. The average molecular weight is 408 g/mol. The van der Waals surface area contributed by atoms with Crippen molar-refractivity contribution in [2.45, 2.75) is 25.9 Å². The fraction of sp³-hybridized carbons (Fsp3) is 0.435. The summed E-state index contributed by atoms with van der Waals surface area (Å²) < 4.78 is 0. The molecule has 1 aromatic carbocycles. The van der Waals surface area contributed by atoms with Crippen molar-refractivity contribution in [3.63, 3.8) is 0 Å². The van der Waals surface area contributed by atoms with Crippen molar-refractivity contribution in [1.82, 2.24) is 20.1 Å². The zero-order valence-electron chi connectivity index (χ0n) is 17.5. The maximum absolute atomic E-state index is 12.6. The lowest BCUT2D eigenvalue weighted by Gasteiger charge is -2.34. The van der Waals surface area contributed by atoms with Crippen molar-refractivity contribution >= 4 is 17.6 Å². The van der Waals surface area contributed by atoms with Crippen LogP contribution in [0.4, 0.5) is 5.82 Å². The number of likely N-dealkylation sites (N-methyl/N-ethyl adjacent to an activating group) is 1. The van der Waals surface area contributed by atoms with E-state index < -0.39 is 0 Å². The van der Waals surface area contributed by atoms with E-state index in [9.17, 15) is 9.59 Å². The monoisotopic (exact) mass is 407 g/mol. The Morgan fingerprint density at radius 1 is 1.07 bits per heavy atom. The van der Waals surface area contributed by atoms with Crippen LogP contribution in [0.2, 0.25) is 0 Å². The number of hydrogen-bond donors (Lipinski definition) is 1. The molecule has 0 bridgehead atoms. The van der Waals surface area contributed by atoms with Crippen molar-refractivity contribution < 1.29 is 9.59 Å². The van der Waals surface area contributed by atoms with Crippen molar-refractivity contribution in [3.8, 4) is 0 Å². The Morgan fingerprint density at radius 2 is 1.83 bits per heavy atom. The summed E-state index contributed by atoms with van der Waals surface area (Å²) in [4.78, 5) is 35.5. The van der Waals surface area contributed by atoms with Gasteiger partial charge in [0.1, 0.15) is 5.82 Å². The van der Waals surface area contributed by atoms with Crippen LogP contribution < -0.4 is 10.2 Å². The minimum absolute atomic E-state index is 0.105. The van der Waals surface area contributed by atoms with E-state index in [-0.39, 0.29) is 11.8 Å². The predicted molar refractivity (Wildman–Crippen MR) is 116 cm³/mol. The second-order valence-corrected chi connectivity index (χ2v) is 8.07. The predicted octanol–water partition coefficient (Wildman–Crippen LogP) is 1.89. The Balaban J connectivity index is 1.35. The molecule has 2 amide bonds. The normalized spacial score (nSPS) is 17.4. The first-order chi connectivity index (χ1) is 14.6. The SMILES string of the molecule is CN1CCN(c2ncccc2CNC(=O)c2ccc(CN3CCCC3=O)cc2)CC1. The highest BCUT2D eigenvalue weighted by atomic mass is 16.2. The number of pyridine rings is 1. The van der Waals surface area contributed by atoms with E-state index in [1.807, 2.05) is 47.5 Å². The molecule has 0 spiro atoms. The zero-order valence-corrected chi connectivity index (χ0v) is 17.5. The standard InChI is InChI=1S/C23H29N5O2/c1-26-12-14-27(15-13-26)22-20(4-2-10-24-22)16-25-23(30)19-8-6-18(7-9-19)17-28-11-3-5-21(28)29/h2,4,6-10H,3,5,11-17H2,1H3,(H,25,30). The minimum atomic E-state index is -0.105. The van der Waals surface area contributed by atoms with Gasteiger partial charge in [-0.05, 0) is 37.2 Å². The van der Waals surface area contributed by atoms with Crippen molar-refractivity contribution in [1.29, 1.82) is 0 Å². The fourth-order valence-corrected chi connectivity index (χ4v) is 4.00. The lowest BCUT2D eigenvalue weighted by atomic mass is 10.1. The van der Waals surface area contributed by atoms with Gasteiger partial charge < -0.3 is 20.0 Å². The molecule has 0 unspecified atom stereocenters. The van der Waals surface area contributed by atoms with E-state index in [1.54, 1.807) is 0 Å². The number of rotatable bonds is 6. The average Bonchev–Trinajstić information content (AvgIpc) is 3.18. The zero-order chi connectivity index (χ0) is 20.9. The number of hydrogen-bond acceptors (Lipinski definition) is 5. The second kappa shape index (κ2) is 9.26. The van der Waals surface area contributed by atoms with Gasteiger partial charge in [-0.15, -0.1) is 0 Å². The van der Waals surface area contributed by atoms with Crippen molar-refractivity contribution in [2.75, 3.05) is 44.7 Å². The van der Waals surface area contributed by atoms with Gasteiger partial charge in [0.15, 0.2) is 0 Å². The number of likely N-dealkylation sites (tertiary alicyclic amines) is 1. The highest BCUT2D eigenvalue weighted by Crippen LogP contribution is 2.19. The van der Waals surface area contributed by atoms with Gasteiger partial charge in [-0.2, -0.15) is 0 Å². The largest absolute Gasteiger partial charge is 0.354 e. The molecule has 158 valence electrons. The van der Waals surface area contributed by atoms with Gasteiger partial charge in [0.05, 0.1) is 0 Å². The summed E-state index contributed by atoms with van der Waals surface area (Å²) in [7, 11) is 2.13. The Kier molecular flexibility index (Phi) is 6.28. The number of carbonyl (C=O) groups is 2. The van der Waals surface area contributed by atoms with Gasteiger partial charge in [-0.1, -0.05) is 18.2 Å². The molecule has 2 aromatic rings. The summed E-state index contributed by atoms with van der Waals surface area (Å²) in [6.07, 6.45) is 3.39. The first-order valence-electron chi connectivity index (χ1n) is 10.6. The molecule has 2 saturated heterocycles. The molecule has 0 aliphatic carbocycles. The number of benzene rings is 1. The van der Waals surface area contributed by atoms with Crippen molar-refractivity contribution in [3.05, 3.63) is 59.3 Å². The Labute approximate surface area is 177 Å². The summed E-state index contributed by atoms with van der Waals surface area (Å²) >= 11 is 0. The number of nitrogens with zero attached hydrogens (tertiary/aromatic N) is 4. The quantitative estimate of drug-likeness (QED) is 0.792. The first kappa shape index (κ1) is 20.3. The van der Waals surface area contributed by atoms with Crippen molar-refractivity contribution in [2.24, 2.45) is 0 Å². The van der Waals surface area contributed by atoms with Crippen LogP contribution >= 0.6 is 0 Å². The summed E-state index contributed by atoms with van der Waals surface area (Å²) in [6, 6.07) is 11.5. The van der Waals surface area contributed by atoms with Crippen LogP contribution in [0, 0.1) is 0 Å². The van der Waals surface area contributed by atoms with Gasteiger partial charge in [-0.25, -0.2) is 4.98 Å². The van der Waals surface area contributed by atoms with Crippen LogP contribution in [0.1, 0.15) is 34.3 Å². The maximum Gasteiger partial charge on any atom is 0.251 e. The topological polar surface area (TPSA) is 68.8 Å². The smallest absolute Gasteiger partial charge is 0.251 e. The lowest BCUT2D eigenvalue weighted by Crippen LogP contribution is -2.45. The van der Waals surface area contributed by atoms with Gasteiger partial charge in [0.25, 0.3) is 5.91 Å². The molecule has 2 aliphatic rings. The molecule has 4 rings (SSSR count). The number of anilines is 1. The lowest BCUT2D eigenvalue weighted by molar-refractivity contribution is -0.128. The molecular weight excluding hydrogens is 378 g/mol. The summed E-state index contributed by atoms with van der Waals surface area (Å²) in [6.45, 7) is 5.78. The van der Waals surface area contributed by atoms with Crippen LogP contribution in [0.25, 0.3) is 0 Å². The molecule has 3 heterocycles. The highest BCUT2D eigenvalue weighted by molar-refractivity contribution is 5.94. The van der Waals surface area contributed by atoms with Crippen LogP contribution in [0.5, 0.6) is 0 Å². The van der Waals surface area contributed by atoms with E-state index in [4.69, 9.17) is 0 Å². The summed E-state index contributed by atoms with van der Waals surface area (Å²) in [5.74, 6) is 1.06. The highest BCUT2D eigenvalue weighted by Gasteiger charge is 2.20. The van der Waals surface area contributed by atoms with Crippen LogP contribution in [0.3, 0.4) is 0 Å². The molecule has 30 heavy (non-hydrogen) atoms. The molecule has 7 nitrogen and oxygen atoms in total. The van der Waals surface area contributed by atoms with E-state index in [2.05, 4.69) is 27.1 Å². The van der Waals surface area contributed by atoms with Crippen LogP contribution in [-0.2, 0) is 17.9 Å². The Morgan fingerprint density at radius 3 is 2.53 bits per heavy atom. The number of piperazine rings is 1. The molecule has 0 atom stereocenters. The first-order valence-corrected chi connectivity index (χ1v) is 10.6. The number of aromatic nitrogens is 1. The van der Waals surface area contributed by atoms with Crippen LogP contribution in [0.15, 0.2) is 42.6 Å². The molecule has 0 radical (unpaired) electrons. The third-order valence-corrected chi connectivity index (χ3v) is 5.87. The maximum atomic E-state index is 12.6. The molecule has 1 aromatic heterocycles. The van der Waals surface area contributed by atoms with Crippen LogP contribution in [-0.4, -0.2) is 66.4 Å². The number of nitrogens with one attached hydrogen (secondary N) is 1. The third-order valence-electron chi connectivity index (χ3n) is 5.87. The van der Waals surface area contributed by atoms with Gasteiger partial charge in [-0.3, -0.25) is 9.59 Å². The molecule has 2 fully saturated rings. The van der Waals surface area contributed by atoms with Gasteiger partial charge in [0.2, 0.25) is 5.91 Å². The molecule has 1 N–H and O–H groups in total.